The monoisotopic (exact) mass is 691 g/mol. The molecule has 11 rings (SSSR count). The Morgan fingerprint density at radius 3 is 1.80 bits per heavy atom. The molecule has 0 unspecified atom stereocenters. The largest absolute Gasteiger partial charge is 0.456 e. The Balaban J connectivity index is 1.05. The fraction of sp³-hybridized carbons (Fsp3) is 0. The van der Waals surface area contributed by atoms with E-state index < -0.39 is 0 Å². The molecule has 0 aliphatic rings. The Morgan fingerprint density at radius 1 is 0.407 bits per heavy atom. The van der Waals surface area contributed by atoms with Crippen LogP contribution in [0.3, 0.4) is 0 Å². The second kappa shape index (κ2) is 12.1. The van der Waals surface area contributed by atoms with E-state index in [-0.39, 0.29) is 0 Å². The van der Waals surface area contributed by atoms with Gasteiger partial charge >= 0.3 is 0 Å². The molecule has 0 aliphatic carbocycles. The summed E-state index contributed by atoms with van der Waals surface area (Å²) in [7, 11) is 0. The minimum Gasteiger partial charge on any atom is -0.456 e. The second-order valence-corrected chi connectivity index (χ2v) is 13.5. The molecule has 6 nitrogen and oxygen atoms in total. The topological polar surface area (TPSA) is 69.6 Å². The Morgan fingerprint density at radius 2 is 1.02 bits per heavy atom. The number of benzene rings is 7. The van der Waals surface area contributed by atoms with Gasteiger partial charge in [0.1, 0.15) is 16.9 Å². The van der Waals surface area contributed by atoms with Crippen LogP contribution in [0.5, 0.6) is 0 Å². The highest BCUT2D eigenvalue weighted by Gasteiger charge is 2.19. The van der Waals surface area contributed by atoms with Crippen molar-refractivity contribution in [1.82, 2.24) is 24.5 Å². The summed E-state index contributed by atoms with van der Waals surface area (Å²) in [6, 6.07) is 58.9. The number of rotatable bonds is 5. The molecule has 0 aliphatic heterocycles. The molecule has 0 atom stereocenters. The van der Waals surface area contributed by atoms with Crippen LogP contribution in [0, 0.1) is 0 Å². The summed E-state index contributed by atoms with van der Waals surface area (Å²) in [6.07, 6.45) is 1.75. The van der Waals surface area contributed by atoms with Gasteiger partial charge in [0.05, 0.1) is 16.4 Å². The summed E-state index contributed by atoms with van der Waals surface area (Å²) in [5.74, 6) is 1.63. The molecule has 0 saturated heterocycles. The molecule has 4 aromatic heterocycles. The maximum atomic E-state index is 6.22. The number of furan rings is 1. The minimum absolute atomic E-state index is 0.487. The molecular formula is C48H29N5O. The normalized spacial score (nSPS) is 11.7. The predicted octanol–water partition coefficient (Wildman–Crippen LogP) is 12.1. The van der Waals surface area contributed by atoms with Crippen LogP contribution in [0.4, 0.5) is 0 Å². The van der Waals surface area contributed by atoms with E-state index in [0.29, 0.717) is 23.2 Å². The van der Waals surface area contributed by atoms with E-state index in [1.807, 2.05) is 36.4 Å². The zero-order valence-corrected chi connectivity index (χ0v) is 28.9. The van der Waals surface area contributed by atoms with Gasteiger partial charge in [-0.05, 0) is 70.4 Å². The van der Waals surface area contributed by atoms with Crippen molar-refractivity contribution in [1.29, 1.82) is 0 Å². The summed E-state index contributed by atoms with van der Waals surface area (Å²) in [5.41, 5.74) is 9.63. The fourth-order valence-electron chi connectivity index (χ4n) is 7.75. The number of para-hydroxylation sites is 3. The number of hydrogen-bond donors (Lipinski definition) is 0. The molecule has 54 heavy (non-hydrogen) atoms. The van der Waals surface area contributed by atoms with Gasteiger partial charge in [-0.3, -0.25) is 4.98 Å². The highest BCUT2D eigenvalue weighted by atomic mass is 16.3. The lowest BCUT2D eigenvalue weighted by molar-refractivity contribution is 0.668. The number of nitrogens with zero attached hydrogens (tertiary/aromatic N) is 5. The van der Waals surface area contributed by atoms with Crippen molar-refractivity contribution < 1.29 is 4.42 Å². The molecule has 4 heterocycles. The van der Waals surface area contributed by atoms with Crippen molar-refractivity contribution in [2.75, 3.05) is 0 Å². The predicted molar refractivity (Wildman–Crippen MR) is 218 cm³/mol. The van der Waals surface area contributed by atoms with E-state index in [2.05, 4.69) is 138 Å². The molecule has 11 aromatic rings. The van der Waals surface area contributed by atoms with Gasteiger partial charge in [-0.1, -0.05) is 121 Å². The molecule has 252 valence electrons. The number of fused-ring (bicyclic) bond motifs is 7. The summed E-state index contributed by atoms with van der Waals surface area (Å²) in [5, 5.41) is 6.62. The summed E-state index contributed by atoms with van der Waals surface area (Å²) in [4.78, 5) is 20.1. The van der Waals surface area contributed by atoms with Crippen LogP contribution in [0.2, 0.25) is 0 Å². The van der Waals surface area contributed by atoms with Crippen LogP contribution >= 0.6 is 0 Å². The van der Waals surface area contributed by atoms with Crippen molar-refractivity contribution in [2.24, 2.45) is 0 Å². The third-order valence-electron chi connectivity index (χ3n) is 10.3. The van der Waals surface area contributed by atoms with Gasteiger partial charge in [-0.25, -0.2) is 15.0 Å². The number of pyridine rings is 1. The lowest BCUT2D eigenvalue weighted by atomic mass is 10.0. The standard InChI is InChI=1S/C48H29N5O/c1-2-11-32-29-35(21-20-30(32)10-1)47-50-46(51-48(52-47)45-44-39-16-5-8-19-42(39)54-43(44)26-27-49-45)34-13-9-12-33(28-34)31-22-24-36(25-23-31)53-40-17-6-3-14-37(40)38-15-4-7-18-41(38)53/h1-29H. The molecule has 0 fully saturated rings. The van der Waals surface area contributed by atoms with Gasteiger partial charge in [-0.15, -0.1) is 0 Å². The first-order valence-electron chi connectivity index (χ1n) is 18.0. The van der Waals surface area contributed by atoms with Crippen molar-refractivity contribution in [2.45, 2.75) is 0 Å². The Labute approximate surface area is 309 Å². The Kier molecular flexibility index (Phi) is 6.75. The molecule has 0 bridgehead atoms. The van der Waals surface area contributed by atoms with E-state index in [1.54, 1.807) is 6.20 Å². The quantitative estimate of drug-likeness (QED) is 0.180. The molecule has 0 N–H and O–H groups in total. The van der Waals surface area contributed by atoms with Gasteiger partial charge in [0.25, 0.3) is 0 Å². The fourth-order valence-corrected chi connectivity index (χ4v) is 7.75. The Bertz CT molecular complexity index is 3180. The molecule has 0 saturated carbocycles. The van der Waals surface area contributed by atoms with E-state index in [4.69, 9.17) is 24.4 Å². The SMILES string of the molecule is c1cc(-c2ccc(-n3c4ccccc4c4ccccc43)cc2)cc(-c2nc(-c3ccc4ccccc4c3)nc(-c3nccc4oc5ccccc5c34)n2)c1. The van der Waals surface area contributed by atoms with Crippen LogP contribution in [0.25, 0.3) is 106 Å². The lowest BCUT2D eigenvalue weighted by Crippen LogP contribution is -2.01. The van der Waals surface area contributed by atoms with Gasteiger partial charge in [0, 0.05) is 39.2 Å². The summed E-state index contributed by atoms with van der Waals surface area (Å²) >= 11 is 0. The molecule has 0 amide bonds. The highest BCUT2D eigenvalue weighted by Crippen LogP contribution is 2.37. The molecule has 7 aromatic carbocycles. The first-order valence-corrected chi connectivity index (χ1v) is 18.0. The smallest absolute Gasteiger partial charge is 0.183 e. The zero-order chi connectivity index (χ0) is 35.6. The molecule has 0 spiro atoms. The van der Waals surface area contributed by atoms with Gasteiger partial charge in [0.2, 0.25) is 0 Å². The summed E-state index contributed by atoms with van der Waals surface area (Å²) in [6.45, 7) is 0. The van der Waals surface area contributed by atoms with Crippen molar-refractivity contribution in [3.63, 3.8) is 0 Å². The van der Waals surface area contributed by atoms with Crippen molar-refractivity contribution in [3.8, 4) is 51.1 Å². The zero-order valence-electron chi connectivity index (χ0n) is 28.9. The number of aromatic nitrogens is 5. The third kappa shape index (κ3) is 4.89. The maximum Gasteiger partial charge on any atom is 0.183 e. The van der Waals surface area contributed by atoms with Crippen LogP contribution in [-0.2, 0) is 0 Å². The lowest BCUT2D eigenvalue weighted by Gasteiger charge is -2.11. The van der Waals surface area contributed by atoms with Crippen LogP contribution in [0.1, 0.15) is 0 Å². The Hall–Kier alpha value is -7.44. The molecule has 6 heteroatoms. The van der Waals surface area contributed by atoms with E-state index in [0.717, 1.165) is 60.7 Å². The highest BCUT2D eigenvalue weighted by molar-refractivity contribution is 6.11. The first-order chi connectivity index (χ1) is 26.7. The second-order valence-electron chi connectivity index (χ2n) is 13.5. The van der Waals surface area contributed by atoms with E-state index in [1.165, 1.54) is 21.8 Å². The molecular weight excluding hydrogens is 663 g/mol. The van der Waals surface area contributed by atoms with Crippen molar-refractivity contribution in [3.05, 3.63) is 176 Å². The minimum atomic E-state index is 0.487. The number of hydrogen-bond acceptors (Lipinski definition) is 5. The summed E-state index contributed by atoms with van der Waals surface area (Å²) < 4.78 is 8.56. The van der Waals surface area contributed by atoms with Crippen LogP contribution < -0.4 is 0 Å². The van der Waals surface area contributed by atoms with Gasteiger partial charge in [0.15, 0.2) is 17.5 Å². The third-order valence-corrected chi connectivity index (χ3v) is 10.3. The molecule has 0 radical (unpaired) electrons. The first kappa shape index (κ1) is 30.2. The van der Waals surface area contributed by atoms with Crippen molar-refractivity contribution >= 4 is 54.5 Å². The van der Waals surface area contributed by atoms with E-state index >= 15 is 0 Å². The average molecular weight is 692 g/mol. The van der Waals surface area contributed by atoms with Crippen LogP contribution in [-0.4, -0.2) is 24.5 Å². The van der Waals surface area contributed by atoms with Crippen LogP contribution in [0.15, 0.2) is 180 Å². The average Bonchev–Trinajstić information content (AvgIpc) is 3.80. The van der Waals surface area contributed by atoms with Gasteiger partial charge in [-0.2, -0.15) is 0 Å². The maximum absolute atomic E-state index is 6.22. The van der Waals surface area contributed by atoms with E-state index in [9.17, 15) is 0 Å². The van der Waals surface area contributed by atoms with Gasteiger partial charge < -0.3 is 8.98 Å².